The fourth-order valence-corrected chi connectivity index (χ4v) is 2.61. The average molecular weight is 285 g/mol. The third-order valence-electron chi connectivity index (χ3n) is 3.70. The molecule has 0 bridgehead atoms. The van der Waals surface area contributed by atoms with Crippen molar-refractivity contribution in [1.29, 1.82) is 0 Å². The number of anilines is 1. The van der Waals surface area contributed by atoms with Crippen molar-refractivity contribution in [1.82, 2.24) is 9.97 Å². The molecule has 1 fully saturated rings. The summed E-state index contributed by atoms with van der Waals surface area (Å²) < 4.78 is 0. The largest absolute Gasteiger partial charge is 0.351 e. The number of hydrogen-bond acceptors (Lipinski definition) is 5. The van der Waals surface area contributed by atoms with Crippen LogP contribution in [0.25, 0.3) is 0 Å². The molecule has 6 nitrogen and oxygen atoms in total. The molecular formula is C12H17ClN4O2. The third kappa shape index (κ3) is 3.12. The molecule has 0 N–H and O–H groups in total. The van der Waals surface area contributed by atoms with E-state index in [9.17, 15) is 10.1 Å². The molecule has 2 heterocycles. The first kappa shape index (κ1) is 14.0. The Bertz CT molecular complexity index is 473. The number of piperidine rings is 1. The monoisotopic (exact) mass is 284 g/mol. The number of rotatable bonds is 3. The van der Waals surface area contributed by atoms with Crippen LogP contribution in [0.3, 0.4) is 0 Å². The maximum atomic E-state index is 11.0. The van der Waals surface area contributed by atoms with E-state index in [1.165, 1.54) is 6.20 Å². The number of hydrogen-bond donors (Lipinski definition) is 0. The zero-order valence-electron chi connectivity index (χ0n) is 11.0. The van der Waals surface area contributed by atoms with E-state index in [-0.39, 0.29) is 11.0 Å². The highest BCUT2D eigenvalue weighted by Gasteiger charge is 2.27. The highest BCUT2D eigenvalue weighted by molar-refractivity contribution is 6.28. The molecule has 2 rings (SSSR count). The van der Waals surface area contributed by atoms with Crippen LogP contribution in [-0.2, 0) is 0 Å². The van der Waals surface area contributed by atoms with Crippen molar-refractivity contribution >= 4 is 23.1 Å². The standard InChI is InChI=1S/C12H17ClN4O2/c1-8(2)9-3-5-16(6-4-9)11-10(17(18)19)7-14-12(13)15-11/h7-9H,3-6H2,1-2H3. The van der Waals surface area contributed by atoms with Crippen molar-refractivity contribution in [3.05, 3.63) is 21.6 Å². The molecule has 7 heteroatoms. The van der Waals surface area contributed by atoms with Crippen LogP contribution >= 0.6 is 11.6 Å². The third-order valence-corrected chi connectivity index (χ3v) is 3.88. The molecule has 1 saturated heterocycles. The molecule has 0 aliphatic carbocycles. The molecule has 0 unspecified atom stereocenters. The van der Waals surface area contributed by atoms with Crippen molar-refractivity contribution in [2.45, 2.75) is 26.7 Å². The van der Waals surface area contributed by atoms with Crippen molar-refractivity contribution in [2.75, 3.05) is 18.0 Å². The molecule has 1 aromatic rings. The SMILES string of the molecule is CC(C)C1CCN(c2nc(Cl)ncc2[N+](=O)[O-])CC1. The van der Waals surface area contributed by atoms with Gasteiger partial charge in [0.2, 0.25) is 11.1 Å². The Morgan fingerprint density at radius 1 is 1.47 bits per heavy atom. The van der Waals surface area contributed by atoms with E-state index in [1.807, 2.05) is 4.90 Å². The lowest BCUT2D eigenvalue weighted by molar-refractivity contribution is -0.384. The smallest absolute Gasteiger partial charge is 0.329 e. The predicted octanol–water partition coefficient (Wildman–Crippen LogP) is 2.91. The van der Waals surface area contributed by atoms with Crippen LogP contribution < -0.4 is 4.90 Å². The predicted molar refractivity (Wildman–Crippen MR) is 73.5 cm³/mol. The Balaban J connectivity index is 2.19. The Morgan fingerprint density at radius 2 is 2.11 bits per heavy atom. The van der Waals surface area contributed by atoms with Gasteiger partial charge in [-0.05, 0) is 36.3 Å². The summed E-state index contributed by atoms with van der Waals surface area (Å²) in [5.41, 5.74) is -0.0765. The average Bonchev–Trinajstić information content (AvgIpc) is 2.38. The normalized spacial score (nSPS) is 16.9. The van der Waals surface area contributed by atoms with E-state index in [2.05, 4.69) is 23.8 Å². The molecular weight excluding hydrogens is 268 g/mol. The first-order valence-corrected chi connectivity index (χ1v) is 6.78. The van der Waals surface area contributed by atoms with Gasteiger partial charge in [-0.1, -0.05) is 13.8 Å². The summed E-state index contributed by atoms with van der Waals surface area (Å²) in [5, 5.41) is 11.1. The molecule has 104 valence electrons. The molecule has 0 amide bonds. The van der Waals surface area contributed by atoms with Gasteiger partial charge in [-0.25, -0.2) is 4.98 Å². The van der Waals surface area contributed by atoms with Gasteiger partial charge in [0.05, 0.1) is 4.92 Å². The number of nitro groups is 1. The van der Waals surface area contributed by atoms with Gasteiger partial charge in [0, 0.05) is 13.1 Å². The van der Waals surface area contributed by atoms with Crippen molar-refractivity contribution in [2.24, 2.45) is 11.8 Å². The summed E-state index contributed by atoms with van der Waals surface area (Å²) in [5.74, 6) is 1.66. The summed E-state index contributed by atoms with van der Waals surface area (Å²) in [6.45, 7) is 5.97. The first-order chi connectivity index (χ1) is 8.99. The lowest BCUT2D eigenvalue weighted by Gasteiger charge is -2.34. The Labute approximate surface area is 117 Å². The Hall–Kier alpha value is -1.43. The quantitative estimate of drug-likeness (QED) is 0.485. The second-order valence-electron chi connectivity index (χ2n) is 5.17. The minimum Gasteiger partial charge on any atom is -0.351 e. The van der Waals surface area contributed by atoms with Crippen LogP contribution in [-0.4, -0.2) is 28.0 Å². The summed E-state index contributed by atoms with van der Waals surface area (Å²) >= 11 is 5.75. The van der Waals surface area contributed by atoms with Gasteiger partial charge in [0.15, 0.2) is 0 Å². The molecule has 0 radical (unpaired) electrons. The maximum Gasteiger partial charge on any atom is 0.329 e. The lowest BCUT2D eigenvalue weighted by Crippen LogP contribution is -2.36. The van der Waals surface area contributed by atoms with Gasteiger partial charge in [0.25, 0.3) is 0 Å². The second kappa shape index (κ2) is 5.69. The van der Waals surface area contributed by atoms with E-state index >= 15 is 0 Å². The molecule has 19 heavy (non-hydrogen) atoms. The van der Waals surface area contributed by atoms with Gasteiger partial charge in [-0.3, -0.25) is 10.1 Å². The summed E-state index contributed by atoms with van der Waals surface area (Å²) in [6, 6.07) is 0. The van der Waals surface area contributed by atoms with Gasteiger partial charge in [0.1, 0.15) is 6.20 Å². The van der Waals surface area contributed by atoms with E-state index in [4.69, 9.17) is 11.6 Å². The molecule has 0 spiro atoms. The van der Waals surface area contributed by atoms with Crippen LogP contribution in [0, 0.1) is 22.0 Å². The number of halogens is 1. The molecule has 0 aromatic carbocycles. The van der Waals surface area contributed by atoms with Crippen LogP contribution in [0.2, 0.25) is 5.28 Å². The van der Waals surface area contributed by atoms with Crippen molar-refractivity contribution in [3.8, 4) is 0 Å². The first-order valence-electron chi connectivity index (χ1n) is 6.41. The summed E-state index contributed by atoms with van der Waals surface area (Å²) in [6.07, 6.45) is 3.23. The van der Waals surface area contributed by atoms with E-state index in [0.717, 1.165) is 25.9 Å². The van der Waals surface area contributed by atoms with Crippen LogP contribution in [0.4, 0.5) is 11.5 Å². The number of aromatic nitrogens is 2. The highest BCUT2D eigenvalue weighted by Crippen LogP contribution is 2.31. The highest BCUT2D eigenvalue weighted by atomic mass is 35.5. The van der Waals surface area contributed by atoms with E-state index < -0.39 is 4.92 Å². The van der Waals surface area contributed by atoms with Crippen molar-refractivity contribution in [3.63, 3.8) is 0 Å². The van der Waals surface area contributed by atoms with E-state index in [1.54, 1.807) is 0 Å². The topological polar surface area (TPSA) is 72.2 Å². The number of nitrogens with zero attached hydrogens (tertiary/aromatic N) is 4. The molecule has 1 aliphatic rings. The molecule has 0 saturated carbocycles. The fourth-order valence-electron chi connectivity index (χ4n) is 2.49. The second-order valence-corrected chi connectivity index (χ2v) is 5.51. The fraction of sp³-hybridized carbons (Fsp3) is 0.667. The van der Waals surface area contributed by atoms with Crippen LogP contribution in [0.1, 0.15) is 26.7 Å². The Kier molecular flexibility index (Phi) is 4.19. The zero-order valence-corrected chi connectivity index (χ0v) is 11.8. The van der Waals surface area contributed by atoms with Gasteiger partial charge in [-0.15, -0.1) is 0 Å². The van der Waals surface area contributed by atoms with Crippen LogP contribution in [0.15, 0.2) is 6.20 Å². The minimum atomic E-state index is -0.458. The van der Waals surface area contributed by atoms with E-state index in [0.29, 0.717) is 17.7 Å². The minimum absolute atomic E-state index is 0.0478. The molecule has 0 atom stereocenters. The van der Waals surface area contributed by atoms with Gasteiger partial charge < -0.3 is 4.90 Å². The van der Waals surface area contributed by atoms with Crippen molar-refractivity contribution < 1.29 is 4.92 Å². The van der Waals surface area contributed by atoms with Crippen LogP contribution in [0.5, 0.6) is 0 Å². The lowest BCUT2D eigenvalue weighted by atomic mass is 9.87. The zero-order chi connectivity index (χ0) is 14.0. The Morgan fingerprint density at radius 3 is 2.63 bits per heavy atom. The molecule has 1 aromatic heterocycles. The maximum absolute atomic E-state index is 11.0. The van der Waals surface area contributed by atoms with Gasteiger partial charge >= 0.3 is 5.69 Å². The summed E-state index contributed by atoms with van der Waals surface area (Å²) in [4.78, 5) is 20.2. The molecule has 1 aliphatic heterocycles. The summed E-state index contributed by atoms with van der Waals surface area (Å²) in [7, 11) is 0. The van der Waals surface area contributed by atoms with Gasteiger partial charge in [-0.2, -0.15) is 4.98 Å².